The van der Waals surface area contributed by atoms with Crippen LogP contribution in [0.3, 0.4) is 0 Å². The van der Waals surface area contributed by atoms with Gasteiger partial charge in [-0.25, -0.2) is 9.97 Å². The smallest absolute Gasteiger partial charge is 0.257 e. The molecule has 1 aliphatic heterocycles. The highest BCUT2D eigenvalue weighted by molar-refractivity contribution is 5.95. The molecule has 2 amide bonds. The van der Waals surface area contributed by atoms with E-state index in [0.717, 1.165) is 35.2 Å². The van der Waals surface area contributed by atoms with Crippen LogP contribution in [0.2, 0.25) is 0 Å². The van der Waals surface area contributed by atoms with Crippen molar-refractivity contribution in [1.29, 1.82) is 0 Å². The molecule has 0 radical (unpaired) electrons. The van der Waals surface area contributed by atoms with Crippen LogP contribution >= 0.6 is 0 Å². The summed E-state index contributed by atoms with van der Waals surface area (Å²) in [4.78, 5) is 38.5. The van der Waals surface area contributed by atoms with Gasteiger partial charge in [0.15, 0.2) is 0 Å². The molecule has 8 heteroatoms. The molecule has 1 aromatic carbocycles. The van der Waals surface area contributed by atoms with E-state index in [9.17, 15) is 9.59 Å². The summed E-state index contributed by atoms with van der Waals surface area (Å²) in [5, 5.41) is 6.82. The number of piperidine rings is 1. The molecule has 0 spiro atoms. The number of hydrogen-bond donors (Lipinski definition) is 1. The van der Waals surface area contributed by atoms with Gasteiger partial charge in [0.05, 0.1) is 17.2 Å². The highest BCUT2D eigenvalue weighted by Crippen LogP contribution is 2.38. The van der Waals surface area contributed by atoms with Crippen molar-refractivity contribution in [2.45, 2.75) is 26.2 Å². The third kappa shape index (κ3) is 4.12. The Morgan fingerprint density at radius 1 is 1.16 bits per heavy atom. The summed E-state index contributed by atoms with van der Waals surface area (Å²) in [6.07, 6.45) is 8.65. The number of benzene rings is 1. The molecule has 0 unspecified atom stereocenters. The lowest BCUT2D eigenvalue weighted by Crippen LogP contribution is -2.54. The number of likely N-dealkylation sites (tertiary alicyclic amines) is 1. The SMILES string of the molecule is Cc1[nH]ncc1C(=O)N1CCC[C@@](Cc2ccccc2-c2cncnc2)(C(=O)N(C)C)C1. The second-order valence-corrected chi connectivity index (χ2v) is 8.68. The first-order chi connectivity index (χ1) is 15.4. The number of aromatic amines is 1. The third-order valence-corrected chi connectivity index (χ3v) is 6.20. The second kappa shape index (κ2) is 8.90. The molecule has 8 nitrogen and oxygen atoms in total. The number of carbonyl (C=O) groups excluding carboxylic acids is 2. The molecule has 0 saturated carbocycles. The van der Waals surface area contributed by atoms with E-state index in [1.807, 2.05) is 31.2 Å². The van der Waals surface area contributed by atoms with Crippen molar-refractivity contribution >= 4 is 11.8 Å². The summed E-state index contributed by atoms with van der Waals surface area (Å²) in [5.74, 6) is -0.0466. The van der Waals surface area contributed by atoms with Crippen molar-refractivity contribution in [3.8, 4) is 11.1 Å². The largest absolute Gasteiger partial charge is 0.348 e. The van der Waals surface area contributed by atoms with Gasteiger partial charge < -0.3 is 9.80 Å². The van der Waals surface area contributed by atoms with Crippen LogP contribution in [0.5, 0.6) is 0 Å². The van der Waals surface area contributed by atoms with E-state index < -0.39 is 5.41 Å². The van der Waals surface area contributed by atoms with Gasteiger partial charge in [0.2, 0.25) is 5.91 Å². The average molecular weight is 433 g/mol. The molecular weight excluding hydrogens is 404 g/mol. The second-order valence-electron chi connectivity index (χ2n) is 8.68. The van der Waals surface area contributed by atoms with E-state index in [2.05, 4.69) is 20.2 Å². The number of nitrogens with zero attached hydrogens (tertiary/aromatic N) is 5. The number of rotatable bonds is 5. The fraction of sp³-hybridized carbons (Fsp3) is 0.375. The van der Waals surface area contributed by atoms with Crippen LogP contribution in [-0.2, 0) is 11.2 Å². The van der Waals surface area contributed by atoms with E-state index >= 15 is 0 Å². The zero-order valence-corrected chi connectivity index (χ0v) is 18.7. The first kappa shape index (κ1) is 21.7. The molecule has 2 aromatic heterocycles. The monoisotopic (exact) mass is 432 g/mol. The van der Waals surface area contributed by atoms with Gasteiger partial charge in [0.1, 0.15) is 6.33 Å². The summed E-state index contributed by atoms with van der Waals surface area (Å²) < 4.78 is 0. The van der Waals surface area contributed by atoms with Crippen LogP contribution in [-0.4, -0.2) is 69.0 Å². The van der Waals surface area contributed by atoms with Gasteiger partial charge in [-0.05, 0) is 37.3 Å². The zero-order valence-electron chi connectivity index (χ0n) is 18.7. The number of aromatic nitrogens is 4. The lowest BCUT2D eigenvalue weighted by Gasteiger charge is -2.43. The summed E-state index contributed by atoms with van der Waals surface area (Å²) in [7, 11) is 3.56. The normalized spacial score (nSPS) is 18.4. The highest BCUT2D eigenvalue weighted by Gasteiger charge is 2.45. The van der Waals surface area contributed by atoms with Crippen molar-refractivity contribution < 1.29 is 9.59 Å². The minimum absolute atomic E-state index is 0.0398. The Kier molecular flexibility index (Phi) is 6.03. The van der Waals surface area contributed by atoms with Crippen LogP contribution in [0, 0.1) is 12.3 Å². The molecule has 4 rings (SSSR count). The molecule has 0 aliphatic carbocycles. The standard InChI is InChI=1S/C24H28N6O2/c1-17-21(14-27-28-17)22(31)30-10-6-9-24(15-30,23(32)29(2)3)11-18-7-4-5-8-20(18)19-12-25-16-26-13-19/h4-5,7-8,12-14,16H,6,9-11,15H2,1-3H3,(H,27,28)/t24-/m0/s1. The summed E-state index contributed by atoms with van der Waals surface area (Å²) in [6, 6.07) is 8.04. The Bertz CT molecular complexity index is 1110. The lowest BCUT2D eigenvalue weighted by atomic mass is 9.73. The minimum Gasteiger partial charge on any atom is -0.348 e. The third-order valence-electron chi connectivity index (χ3n) is 6.20. The van der Waals surface area contributed by atoms with Crippen molar-refractivity contribution in [3.05, 3.63) is 66.0 Å². The number of amides is 2. The number of hydrogen-bond acceptors (Lipinski definition) is 5. The maximum absolute atomic E-state index is 13.5. The molecule has 1 aliphatic rings. The van der Waals surface area contributed by atoms with Crippen LogP contribution in [0.15, 0.2) is 49.2 Å². The van der Waals surface area contributed by atoms with Gasteiger partial charge >= 0.3 is 0 Å². The molecule has 32 heavy (non-hydrogen) atoms. The van der Waals surface area contributed by atoms with Crippen molar-refractivity contribution in [1.82, 2.24) is 30.0 Å². The minimum atomic E-state index is -0.708. The summed E-state index contributed by atoms with van der Waals surface area (Å²) >= 11 is 0. The molecule has 3 aromatic rings. The van der Waals surface area contributed by atoms with E-state index in [-0.39, 0.29) is 11.8 Å². The predicted molar refractivity (Wildman–Crippen MR) is 121 cm³/mol. The van der Waals surface area contributed by atoms with E-state index in [4.69, 9.17) is 0 Å². The highest BCUT2D eigenvalue weighted by atomic mass is 16.2. The number of aryl methyl sites for hydroxylation is 1. The van der Waals surface area contributed by atoms with Crippen molar-refractivity contribution in [2.24, 2.45) is 5.41 Å². The summed E-state index contributed by atoms with van der Waals surface area (Å²) in [6.45, 7) is 2.83. The van der Waals surface area contributed by atoms with E-state index in [1.54, 1.807) is 42.5 Å². The first-order valence-electron chi connectivity index (χ1n) is 10.8. The number of carbonyl (C=O) groups is 2. The van der Waals surface area contributed by atoms with E-state index in [1.165, 1.54) is 6.33 Å². The lowest BCUT2D eigenvalue weighted by molar-refractivity contribution is -0.142. The molecule has 1 atom stereocenters. The predicted octanol–water partition coefficient (Wildman–Crippen LogP) is 2.73. The van der Waals surface area contributed by atoms with Gasteiger partial charge in [0.25, 0.3) is 5.91 Å². The Hall–Kier alpha value is -3.55. The van der Waals surface area contributed by atoms with Gasteiger partial charge in [-0.1, -0.05) is 24.3 Å². The molecular formula is C24H28N6O2. The molecule has 0 bridgehead atoms. The van der Waals surface area contributed by atoms with Crippen LogP contribution in [0.25, 0.3) is 11.1 Å². The van der Waals surface area contributed by atoms with Crippen LogP contribution in [0.4, 0.5) is 0 Å². The van der Waals surface area contributed by atoms with Gasteiger partial charge in [-0.2, -0.15) is 5.10 Å². The Balaban J connectivity index is 1.70. The fourth-order valence-electron chi connectivity index (χ4n) is 4.67. The molecule has 3 heterocycles. The van der Waals surface area contributed by atoms with Gasteiger partial charge in [0, 0.05) is 50.8 Å². The zero-order chi connectivity index (χ0) is 22.7. The quantitative estimate of drug-likeness (QED) is 0.669. The average Bonchev–Trinajstić information content (AvgIpc) is 3.25. The molecule has 166 valence electrons. The number of H-pyrrole nitrogens is 1. The molecule has 1 fully saturated rings. The molecule has 1 saturated heterocycles. The maximum atomic E-state index is 13.5. The topological polar surface area (TPSA) is 95.1 Å². The number of nitrogens with one attached hydrogen (secondary N) is 1. The maximum Gasteiger partial charge on any atom is 0.257 e. The van der Waals surface area contributed by atoms with Crippen LogP contribution < -0.4 is 0 Å². The molecule has 1 N–H and O–H groups in total. The van der Waals surface area contributed by atoms with Gasteiger partial charge in [-0.3, -0.25) is 14.7 Å². The van der Waals surface area contributed by atoms with Gasteiger partial charge in [-0.15, -0.1) is 0 Å². The fourth-order valence-corrected chi connectivity index (χ4v) is 4.67. The van der Waals surface area contributed by atoms with Crippen LogP contribution in [0.1, 0.15) is 34.5 Å². The summed E-state index contributed by atoms with van der Waals surface area (Å²) in [5.41, 5.74) is 3.55. The Morgan fingerprint density at radius 2 is 1.91 bits per heavy atom. The van der Waals surface area contributed by atoms with Crippen molar-refractivity contribution in [2.75, 3.05) is 27.2 Å². The Labute approximate surface area is 187 Å². The Morgan fingerprint density at radius 3 is 2.59 bits per heavy atom. The first-order valence-corrected chi connectivity index (χ1v) is 10.8. The van der Waals surface area contributed by atoms with E-state index in [0.29, 0.717) is 25.1 Å². The van der Waals surface area contributed by atoms with Crippen molar-refractivity contribution in [3.63, 3.8) is 0 Å².